The van der Waals surface area contributed by atoms with Gasteiger partial charge in [0.2, 0.25) is 6.86 Å². The summed E-state index contributed by atoms with van der Waals surface area (Å²) in [7, 11) is 0. The van der Waals surface area contributed by atoms with Gasteiger partial charge < -0.3 is 29.7 Å². The van der Waals surface area contributed by atoms with Crippen LogP contribution in [0.2, 0.25) is 0 Å². The van der Waals surface area contributed by atoms with Crippen molar-refractivity contribution in [2.24, 2.45) is 5.41 Å². The molecule has 212 valence electrons. The number of aromatic nitrogens is 1. The Morgan fingerprint density at radius 2 is 2.03 bits per heavy atom. The van der Waals surface area contributed by atoms with E-state index in [9.17, 15) is 14.3 Å². The number of aliphatic hydroxyl groups is 1. The Balaban J connectivity index is 1.38. The lowest BCUT2D eigenvalue weighted by Crippen LogP contribution is -2.41. The van der Waals surface area contributed by atoms with Gasteiger partial charge >= 0.3 is 0 Å². The Morgan fingerprint density at radius 1 is 1.23 bits per heavy atom. The van der Waals surface area contributed by atoms with Crippen molar-refractivity contribution in [3.05, 3.63) is 36.0 Å². The molecule has 0 bridgehead atoms. The van der Waals surface area contributed by atoms with Crippen LogP contribution in [0.4, 0.5) is 21.5 Å². The molecule has 5 rings (SSSR count). The van der Waals surface area contributed by atoms with Gasteiger partial charge in [-0.3, -0.25) is 9.52 Å². The summed E-state index contributed by atoms with van der Waals surface area (Å²) in [5, 5.41) is 13.1. The van der Waals surface area contributed by atoms with Crippen LogP contribution in [-0.2, 0) is 4.74 Å². The monoisotopic (exact) mass is 559 g/mol. The number of morpholine rings is 1. The summed E-state index contributed by atoms with van der Waals surface area (Å²) >= 11 is 1.35. The van der Waals surface area contributed by atoms with Gasteiger partial charge in [0.15, 0.2) is 0 Å². The van der Waals surface area contributed by atoms with E-state index in [1.807, 2.05) is 26.0 Å². The fourth-order valence-electron chi connectivity index (χ4n) is 5.27. The second-order valence-corrected chi connectivity index (χ2v) is 11.7. The second kappa shape index (κ2) is 12.3. The number of aliphatic hydroxyl groups excluding tert-OH is 1. The summed E-state index contributed by atoms with van der Waals surface area (Å²) < 4.78 is 27.2. The van der Waals surface area contributed by atoms with Gasteiger partial charge in [0.1, 0.15) is 10.8 Å². The lowest BCUT2D eigenvalue weighted by molar-refractivity contribution is 0.0529. The van der Waals surface area contributed by atoms with Crippen LogP contribution in [0.15, 0.2) is 35.5 Å². The van der Waals surface area contributed by atoms with E-state index in [0.717, 1.165) is 42.3 Å². The molecule has 2 aliphatic heterocycles. The number of carbonyl (C=O) groups is 1. The molecule has 3 fully saturated rings. The van der Waals surface area contributed by atoms with Crippen molar-refractivity contribution in [1.29, 1.82) is 0 Å². The van der Waals surface area contributed by atoms with Gasteiger partial charge in [-0.05, 0) is 81.2 Å². The third kappa shape index (κ3) is 6.77. The molecule has 3 aliphatic rings. The molecule has 2 aromatic rings. The standard InChI is InChI=1S/C28H38FN5O4S/c1-19(17-35)32-39-26-14-23(33-9-7-28(5-6-28)8-10-33)22(15-30-26)27(36)31-21-3-4-25(38-18-29)24(13-21)34-11-12-37-20(2)16-34/h3-4,13-15,19-20,32,35H,5-12,16-18H2,1-2H3,(H,31,36)/t19-,20-/m1/s1. The number of pyridine rings is 1. The lowest BCUT2D eigenvalue weighted by Gasteiger charge is -2.35. The zero-order chi connectivity index (χ0) is 27.4. The number of ether oxygens (including phenoxy) is 2. The number of alkyl halides is 1. The Morgan fingerprint density at radius 3 is 2.72 bits per heavy atom. The van der Waals surface area contributed by atoms with E-state index in [1.54, 1.807) is 18.3 Å². The van der Waals surface area contributed by atoms with Crippen molar-refractivity contribution < 1.29 is 23.8 Å². The van der Waals surface area contributed by atoms with E-state index in [4.69, 9.17) is 9.47 Å². The first kappa shape index (κ1) is 27.9. The number of amides is 1. The predicted octanol–water partition coefficient (Wildman–Crippen LogP) is 4.22. The van der Waals surface area contributed by atoms with Crippen molar-refractivity contribution in [3.63, 3.8) is 0 Å². The van der Waals surface area contributed by atoms with Crippen LogP contribution < -0.4 is 24.6 Å². The summed E-state index contributed by atoms with van der Waals surface area (Å²) in [5.41, 5.74) is 3.20. The van der Waals surface area contributed by atoms with Crippen LogP contribution in [0, 0.1) is 5.41 Å². The highest BCUT2D eigenvalue weighted by Crippen LogP contribution is 2.54. The average molecular weight is 560 g/mol. The van der Waals surface area contributed by atoms with Gasteiger partial charge in [0.25, 0.3) is 5.91 Å². The molecule has 3 N–H and O–H groups in total. The zero-order valence-corrected chi connectivity index (χ0v) is 23.4. The molecule has 1 amide bonds. The minimum atomic E-state index is -0.930. The Bertz CT molecular complexity index is 1160. The van der Waals surface area contributed by atoms with Crippen molar-refractivity contribution in [1.82, 2.24) is 9.71 Å². The molecular formula is C28H38FN5O4S. The molecule has 9 nitrogen and oxygen atoms in total. The number of hydrogen-bond acceptors (Lipinski definition) is 9. The Hall–Kier alpha value is -2.60. The van der Waals surface area contributed by atoms with Crippen LogP contribution in [0.1, 0.15) is 49.9 Å². The van der Waals surface area contributed by atoms with Crippen LogP contribution >= 0.6 is 11.9 Å². The smallest absolute Gasteiger partial charge is 0.259 e. The normalized spacial score (nSPS) is 21.1. The summed E-state index contributed by atoms with van der Waals surface area (Å²) in [6, 6.07) is 7.13. The molecule has 2 atom stereocenters. The molecule has 39 heavy (non-hydrogen) atoms. The number of rotatable bonds is 10. The van der Waals surface area contributed by atoms with E-state index in [0.29, 0.717) is 42.1 Å². The first-order chi connectivity index (χ1) is 18.9. The maximum atomic E-state index is 13.6. The predicted molar refractivity (Wildman–Crippen MR) is 152 cm³/mol. The summed E-state index contributed by atoms with van der Waals surface area (Å²) in [5.74, 6) is 0.179. The lowest BCUT2D eigenvalue weighted by atomic mass is 9.93. The highest BCUT2D eigenvalue weighted by Gasteiger charge is 2.44. The summed E-state index contributed by atoms with van der Waals surface area (Å²) in [6.07, 6.45) is 6.55. The Kier molecular flexibility index (Phi) is 8.80. The molecule has 0 radical (unpaired) electrons. The van der Waals surface area contributed by atoms with Crippen molar-refractivity contribution in [3.8, 4) is 5.75 Å². The molecule has 1 aromatic heterocycles. The number of halogens is 1. The summed E-state index contributed by atoms with van der Waals surface area (Å²) in [4.78, 5) is 22.5. The number of piperidine rings is 1. The molecule has 11 heteroatoms. The molecule has 2 saturated heterocycles. The number of benzene rings is 1. The topological polar surface area (TPSA) is 99.2 Å². The van der Waals surface area contributed by atoms with E-state index in [2.05, 4.69) is 24.8 Å². The highest BCUT2D eigenvalue weighted by atomic mass is 32.2. The van der Waals surface area contributed by atoms with Gasteiger partial charge in [0.05, 0.1) is 36.3 Å². The van der Waals surface area contributed by atoms with E-state index in [1.165, 1.54) is 24.8 Å². The molecular weight excluding hydrogens is 521 g/mol. The highest BCUT2D eigenvalue weighted by molar-refractivity contribution is 7.97. The van der Waals surface area contributed by atoms with Gasteiger partial charge in [0, 0.05) is 44.1 Å². The summed E-state index contributed by atoms with van der Waals surface area (Å²) in [6.45, 7) is 6.66. The minimum Gasteiger partial charge on any atom is -0.461 e. The molecule has 1 aliphatic carbocycles. The third-order valence-electron chi connectivity index (χ3n) is 7.87. The van der Waals surface area contributed by atoms with E-state index >= 15 is 0 Å². The third-order valence-corrected chi connectivity index (χ3v) is 8.82. The number of nitrogens with zero attached hydrogens (tertiary/aromatic N) is 3. The fourth-order valence-corrected chi connectivity index (χ4v) is 5.95. The van der Waals surface area contributed by atoms with Gasteiger partial charge in [-0.25, -0.2) is 9.37 Å². The van der Waals surface area contributed by atoms with E-state index in [-0.39, 0.29) is 24.7 Å². The number of anilines is 3. The molecule has 1 saturated carbocycles. The van der Waals surface area contributed by atoms with E-state index < -0.39 is 6.86 Å². The minimum absolute atomic E-state index is 0.0229. The second-order valence-electron chi connectivity index (χ2n) is 10.8. The maximum absolute atomic E-state index is 13.6. The quantitative estimate of drug-likeness (QED) is 0.370. The van der Waals surface area contributed by atoms with Crippen molar-refractivity contribution in [2.45, 2.75) is 56.7 Å². The number of carbonyl (C=O) groups excluding carboxylic acids is 1. The fraction of sp³-hybridized carbons (Fsp3) is 0.571. The molecule has 3 heterocycles. The molecule has 1 aromatic carbocycles. The number of hydrogen-bond donors (Lipinski definition) is 3. The van der Waals surface area contributed by atoms with Crippen LogP contribution in [0.3, 0.4) is 0 Å². The molecule has 0 unspecified atom stereocenters. The first-order valence-electron chi connectivity index (χ1n) is 13.7. The van der Waals surface area contributed by atoms with Crippen LogP contribution in [-0.4, -0.2) is 74.4 Å². The van der Waals surface area contributed by atoms with Gasteiger partial charge in [-0.15, -0.1) is 0 Å². The van der Waals surface area contributed by atoms with Gasteiger partial charge in [-0.1, -0.05) is 0 Å². The largest absolute Gasteiger partial charge is 0.461 e. The van der Waals surface area contributed by atoms with Crippen LogP contribution in [0.25, 0.3) is 0 Å². The molecule has 1 spiro atoms. The maximum Gasteiger partial charge on any atom is 0.259 e. The van der Waals surface area contributed by atoms with Crippen LogP contribution in [0.5, 0.6) is 5.75 Å². The zero-order valence-electron chi connectivity index (χ0n) is 22.6. The SMILES string of the molecule is C[C@H](CO)NSc1cc(N2CCC3(CC2)CC3)c(C(=O)Nc2ccc(OCF)c(N3CCO[C@H](C)C3)c2)cn1. The number of nitrogens with one attached hydrogen (secondary N) is 2. The van der Waals surface area contributed by atoms with Crippen molar-refractivity contribution in [2.75, 3.05) is 61.4 Å². The Labute approximate surface area is 233 Å². The first-order valence-corrected chi connectivity index (χ1v) is 14.5. The van der Waals surface area contributed by atoms with Gasteiger partial charge in [-0.2, -0.15) is 0 Å². The average Bonchev–Trinajstić information content (AvgIpc) is 3.71. The van der Waals surface area contributed by atoms with Crippen molar-refractivity contribution >= 4 is 34.9 Å².